The predicted molar refractivity (Wildman–Crippen MR) is 80.1 cm³/mol. The second kappa shape index (κ2) is 6.87. The Hall–Kier alpha value is -1.13. The molecule has 1 N–H and O–H groups in total. The van der Waals surface area contributed by atoms with Crippen LogP contribution in [-0.4, -0.2) is 20.8 Å². The van der Waals surface area contributed by atoms with Gasteiger partial charge < -0.3 is 9.67 Å². The summed E-state index contributed by atoms with van der Waals surface area (Å²) < 4.78 is 3.18. The molecule has 0 aliphatic carbocycles. The van der Waals surface area contributed by atoms with Crippen molar-refractivity contribution >= 4 is 15.9 Å². The molecule has 0 amide bonds. The Morgan fingerprint density at radius 1 is 1.26 bits per heavy atom. The third-order valence-corrected chi connectivity index (χ3v) is 3.60. The van der Waals surface area contributed by atoms with E-state index in [1.807, 2.05) is 30.5 Å². The number of hydrogen-bond acceptors (Lipinski definition) is 2. The molecule has 2 aromatic rings. The van der Waals surface area contributed by atoms with Gasteiger partial charge in [-0.25, -0.2) is 4.98 Å². The molecule has 0 aliphatic rings. The molecule has 102 valence electrons. The zero-order valence-electron chi connectivity index (χ0n) is 11.1. The van der Waals surface area contributed by atoms with Gasteiger partial charge in [-0.2, -0.15) is 0 Å². The van der Waals surface area contributed by atoms with Crippen LogP contribution in [0.3, 0.4) is 0 Å². The van der Waals surface area contributed by atoms with Gasteiger partial charge in [0, 0.05) is 29.8 Å². The van der Waals surface area contributed by atoms with Crippen molar-refractivity contribution in [3.8, 4) is 0 Å². The molecule has 19 heavy (non-hydrogen) atoms. The lowest BCUT2D eigenvalue weighted by Gasteiger charge is -2.12. The van der Waals surface area contributed by atoms with E-state index in [0.717, 1.165) is 28.8 Å². The van der Waals surface area contributed by atoms with Gasteiger partial charge in [-0.1, -0.05) is 35.0 Å². The topological polar surface area (TPSA) is 38.0 Å². The highest BCUT2D eigenvalue weighted by Gasteiger charge is 2.11. The van der Waals surface area contributed by atoms with Crippen LogP contribution in [0.5, 0.6) is 0 Å². The highest BCUT2D eigenvalue weighted by Crippen LogP contribution is 2.13. The van der Waals surface area contributed by atoms with E-state index in [1.54, 1.807) is 6.20 Å². The normalized spacial score (nSPS) is 12.6. The molecule has 1 heterocycles. The molecule has 0 saturated heterocycles. The van der Waals surface area contributed by atoms with E-state index in [0.29, 0.717) is 12.8 Å². The van der Waals surface area contributed by atoms with E-state index in [9.17, 15) is 5.11 Å². The molecule has 1 unspecified atom stereocenters. The Bertz CT molecular complexity index is 507. The highest BCUT2D eigenvalue weighted by atomic mass is 79.9. The molecule has 0 aliphatic heterocycles. The lowest BCUT2D eigenvalue weighted by atomic mass is 10.1. The standard InChI is InChI=1S/C15H19BrN2O/c1-2-8-18-9-7-17-15(18)11-14(19)10-12-3-5-13(16)6-4-12/h3-7,9,14,19H,2,8,10-11H2,1H3. The molecule has 2 rings (SSSR count). The predicted octanol–water partition coefficient (Wildman–Crippen LogP) is 3.20. The number of rotatable bonds is 6. The summed E-state index contributed by atoms with van der Waals surface area (Å²) in [5.74, 6) is 0.964. The van der Waals surface area contributed by atoms with Gasteiger partial charge in [-0.15, -0.1) is 0 Å². The SMILES string of the molecule is CCCn1ccnc1CC(O)Cc1ccc(Br)cc1. The van der Waals surface area contributed by atoms with Crippen molar-refractivity contribution in [2.75, 3.05) is 0 Å². The van der Waals surface area contributed by atoms with Crippen molar-refractivity contribution in [3.05, 3.63) is 52.5 Å². The van der Waals surface area contributed by atoms with Gasteiger partial charge in [0.1, 0.15) is 5.82 Å². The van der Waals surface area contributed by atoms with Crippen LogP contribution in [0.1, 0.15) is 24.7 Å². The third kappa shape index (κ3) is 4.18. The van der Waals surface area contributed by atoms with Crippen molar-refractivity contribution in [2.24, 2.45) is 0 Å². The highest BCUT2D eigenvalue weighted by molar-refractivity contribution is 9.10. The Labute approximate surface area is 122 Å². The zero-order valence-corrected chi connectivity index (χ0v) is 12.7. The number of aromatic nitrogens is 2. The molecule has 1 aromatic carbocycles. The van der Waals surface area contributed by atoms with Crippen molar-refractivity contribution in [1.29, 1.82) is 0 Å². The molecular formula is C15H19BrN2O. The first-order valence-electron chi connectivity index (χ1n) is 6.61. The van der Waals surface area contributed by atoms with Gasteiger partial charge in [-0.3, -0.25) is 0 Å². The fourth-order valence-electron chi connectivity index (χ4n) is 2.15. The van der Waals surface area contributed by atoms with Crippen molar-refractivity contribution < 1.29 is 5.11 Å². The van der Waals surface area contributed by atoms with E-state index in [1.165, 1.54) is 0 Å². The monoisotopic (exact) mass is 322 g/mol. The van der Waals surface area contributed by atoms with Crippen molar-refractivity contribution in [3.63, 3.8) is 0 Å². The minimum absolute atomic E-state index is 0.390. The molecule has 0 bridgehead atoms. The molecule has 0 spiro atoms. The van der Waals surface area contributed by atoms with E-state index >= 15 is 0 Å². The smallest absolute Gasteiger partial charge is 0.111 e. The lowest BCUT2D eigenvalue weighted by Crippen LogP contribution is -2.17. The van der Waals surface area contributed by atoms with Crippen LogP contribution in [0.15, 0.2) is 41.1 Å². The summed E-state index contributed by atoms with van der Waals surface area (Å²) in [5, 5.41) is 10.2. The minimum atomic E-state index is -0.390. The maximum absolute atomic E-state index is 10.2. The number of nitrogens with zero attached hydrogens (tertiary/aromatic N) is 2. The van der Waals surface area contributed by atoms with E-state index < -0.39 is 0 Å². The maximum atomic E-state index is 10.2. The number of halogens is 1. The second-order valence-corrected chi connectivity index (χ2v) is 5.64. The van der Waals surface area contributed by atoms with Crippen LogP contribution < -0.4 is 0 Å². The van der Waals surface area contributed by atoms with Gasteiger partial charge in [0.05, 0.1) is 6.10 Å². The van der Waals surface area contributed by atoms with Crippen LogP contribution in [-0.2, 0) is 19.4 Å². The van der Waals surface area contributed by atoms with Crippen LogP contribution in [0, 0.1) is 0 Å². The van der Waals surface area contributed by atoms with Crippen molar-refractivity contribution in [1.82, 2.24) is 9.55 Å². The molecule has 1 aromatic heterocycles. The maximum Gasteiger partial charge on any atom is 0.111 e. The Kier molecular flexibility index (Phi) is 5.16. The quantitative estimate of drug-likeness (QED) is 0.886. The first-order chi connectivity index (χ1) is 9.19. The number of aliphatic hydroxyl groups is 1. The summed E-state index contributed by atoms with van der Waals surface area (Å²) in [6.45, 7) is 3.10. The lowest BCUT2D eigenvalue weighted by molar-refractivity contribution is 0.171. The van der Waals surface area contributed by atoms with Crippen LogP contribution in [0.2, 0.25) is 0 Å². The largest absolute Gasteiger partial charge is 0.392 e. The Balaban J connectivity index is 1.95. The van der Waals surface area contributed by atoms with Gasteiger partial charge >= 0.3 is 0 Å². The van der Waals surface area contributed by atoms with E-state index in [-0.39, 0.29) is 6.10 Å². The molecule has 1 atom stereocenters. The van der Waals surface area contributed by atoms with Crippen LogP contribution in [0.25, 0.3) is 0 Å². The average Bonchev–Trinajstić information content (AvgIpc) is 2.80. The van der Waals surface area contributed by atoms with E-state index in [2.05, 4.69) is 32.4 Å². The number of hydrogen-bond donors (Lipinski definition) is 1. The number of aryl methyl sites for hydroxylation is 1. The minimum Gasteiger partial charge on any atom is -0.392 e. The molecule has 0 fully saturated rings. The number of aliphatic hydroxyl groups excluding tert-OH is 1. The summed E-state index contributed by atoms with van der Waals surface area (Å²) in [6, 6.07) is 8.07. The summed E-state index contributed by atoms with van der Waals surface area (Å²) in [4.78, 5) is 4.33. The second-order valence-electron chi connectivity index (χ2n) is 4.73. The molecule has 4 heteroatoms. The Morgan fingerprint density at radius 2 is 2.00 bits per heavy atom. The molecule has 0 radical (unpaired) electrons. The first kappa shape index (κ1) is 14.3. The Morgan fingerprint density at radius 3 is 2.68 bits per heavy atom. The summed E-state index contributed by atoms with van der Waals surface area (Å²) in [7, 11) is 0. The number of benzene rings is 1. The van der Waals surface area contributed by atoms with Gasteiger partial charge in [0.2, 0.25) is 0 Å². The first-order valence-corrected chi connectivity index (χ1v) is 7.41. The van der Waals surface area contributed by atoms with Gasteiger partial charge in [0.15, 0.2) is 0 Å². The zero-order chi connectivity index (χ0) is 13.7. The summed E-state index contributed by atoms with van der Waals surface area (Å²) in [6.07, 6.45) is 5.73. The molecular weight excluding hydrogens is 304 g/mol. The average molecular weight is 323 g/mol. The fraction of sp³-hybridized carbons (Fsp3) is 0.400. The summed E-state index contributed by atoms with van der Waals surface area (Å²) >= 11 is 3.41. The fourth-order valence-corrected chi connectivity index (χ4v) is 2.41. The third-order valence-electron chi connectivity index (χ3n) is 3.07. The van der Waals surface area contributed by atoms with Gasteiger partial charge in [0.25, 0.3) is 0 Å². The number of imidazole rings is 1. The van der Waals surface area contributed by atoms with Crippen LogP contribution >= 0.6 is 15.9 Å². The van der Waals surface area contributed by atoms with Crippen LogP contribution in [0.4, 0.5) is 0 Å². The van der Waals surface area contributed by atoms with Crippen molar-refractivity contribution in [2.45, 2.75) is 38.8 Å². The molecule has 3 nitrogen and oxygen atoms in total. The molecule has 0 saturated carbocycles. The van der Waals surface area contributed by atoms with Gasteiger partial charge in [-0.05, 0) is 30.5 Å². The van der Waals surface area contributed by atoms with E-state index in [4.69, 9.17) is 0 Å². The summed E-state index contributed by atoms with van der Waals surface area (Å²) in [5.41, 5.74) is 1.14.